The molecule has 1 atom stereocenters. The third-order valence-electron chi connectivity index (χ3n) is 3.35. The van der Waals surface area contributed by atoms with Crippen LogP contribution >= 0.6 is 0 Å². The SMILES string of the molecule is CCc1cc(CC(NN)c2cnc(C)cn2)n(CC)n1. The predicted octanol–water partition coefficient (Wildman–Crippen LogP) is 1.31. The summed E-state index contributed by atoms with van der Waals surface area (Å²) in [4.78, 5) is 8.67. The summed E-state index contributed by atoms with van der Waals surface area (Å²) in [5.41, 5.74) is 6.83. The predicted molar refractivity (Wildman–Crippen MR) is 77.8 cm³/mol. The van der Waals surface area contributed by atoms with Crippen molar-refractivity contribution in [1.82, 2.24) is 25.2 Å². The molecule has 0 aliphatic heterocycles. The van der Waals surface area contributed by atoms with Gasteiger partial charge >= 0.3 is 0 Å². The monoisotopic (exact) mass is 274 g/mol. The van der Waals surface area contributed by atoms with E-state index in [1.165, 1.54) is 0 Å². The Hall–Kier alpha value is -1.79. The van der Waals surface area contributed by atoms with Gasteiger partial charge in [-0.15, -0.1) is 0 Å². The highest BCUT2D eigenvalue weighted by molar-refractivity contribution is 5.15. The lowest BCUT2D eigenvalue weighted by molar-refractivity contribution is 0.505. The summed E-state index contributed by atoms with van der Waals surface area (Å²) in [6.07, 6.45) is 5.21. The lowest BCUT2D eigenvalue weighted by Crippen LogP contribution is -2.31. The molecule has 0 radical (unpaired) electrons. The minimum Gasteiger partial charge on any atom is -0.271 e. The highest BCUT2D eigenvalue weighted by Crippen LogP contribution is 2.16. The number of nitrogens with one attached hydrogen (secondary N) is 1. The van der Waals surface area contributed by atoms with E-state index in [4.69, 9.17) is 5.84 Å². The van der Waals surface area contributed by atoms with Crippen molar-refractivity contribution >= 4 is 0 Å². The van der Waals surface area contributed by atoms with E-state index in [0.29, 0.717) is 0 Å². The fourth-order valence-corrected chi connectivity index (χ4v) is 2.17. The fraction of sp³-hybridized carbons (Fsp3) is 0.500. The van der Waals surface area contributed by atoms with Crippen molar-refractivity contribution in [3.63, 3.8) is 0 Å². The lowest BCUT2D eigenvalue weighted by Gasteiger charge is -2.15. The van der Waals surface area contributed by atoms with E-state index in [9.17, 15) is 0 Å². The number of rotatable bonds is 6. The lowest BCUT2D eigenvalue weighted by atomic mass is 10.1. The van der Waals surface area contributed by atoms with Crippen molar-refractivity contribution in [1.29, 1.82) is 0 Å². The van der Waals surface area contributed by atoms with Crippen LogP contribution in [0.25, 0.3) is 0 Å². The molecular weight excluding hydrogens is 252 g/mol. The van der Waals surface area contributed by atoms with Crippen molar-refractivity contribution in [3.8, 4) is 0 Å². The van der Waals surface area contributed by atoms with Crippen molar-refractivity contribution in [3.05, 3.63) is 41.2 Å². The van der Waals surface area contributed by atoms with E-state index in [1.54, 1.807) is 12.4 Å². The van der Waals surface area contributed by atoms with E-state index in [1.807, 2.05) is 11.6 Å². The molecule has 0 amide bonds. The molecule has 0 spiro atoms. The van der Waals surface area contributed by atoms with Crippen LogP contribution in [0.4, 0.5) is 0 Å². The van der Waals surface area contributed by atoms with Crippen LogP contribution < -0.4 is 11.3 Å². The standard InChI is InChI=1S/C14H22N6/c1-4-11-6-12(20(5-2)19-11)7-13(18-15)14-9-16-10(3)8-17-14/h6,8-9,13,18H,4-5,7,15H2,1-3H3. The van der Waals surface area contributed by atoms with Gasteiger partial charge in [0, 0.05) is 24.9 Å². The van der Waals surface area contributed by atoms with Crippen LogP contribution in [0.2, 0.25) is 0 Å². The van der Waals surface area contributed by atoms with Gasteiger partial charge in [0.2, 0.25) is 0 Å². The van der Waals surface area contributed by atoms with Gasteiger partial charge in [-0.25, -0.2) is 0 Å². The van der Waals surface area contributed by atoms with Gasteiger partial charge in [0.05, 0.1) is 29.3 Å². The van der Waals surface area contributed by atoms with Crippen LogP contribution in [0.3, 0.4) is 0 Å². The normalized spacial score (nSPS) is 12.6. The molecule has 0 saturated heterocycles. The number of hydrogen-bond acceptors (Lipinski definition) is 5. The Morgan fingerprint density at radius 3 is 2.65 bits per heavy atom. The molecule has 2 aromatic rings. The molecule has 2 aromatic heterocycles. The average Bonchev–Trinajstić information content (AvgIpc) is 2.88. The molecule has 0 bridgehead atoms. The van der Waals surface area contributed by atoms with Crippen LogP contribution in [0.1, 0.15) is 42.7 Å². The molecule has 108 valence electrons. The van der Waals surface area contributed by atoms with Crippen molar-refractivity contribution < 1.29 is 0 Å². The van der Waals surface area contributed by atoms with Crippen LogP contribution in [0, 0.1) is 6.92 Å². The largest absolute Gasteiger partial charge is 0.271 e. The van der Waals surface area contributed by atoms with Crippen LogP contribution in [-0.4, -0.2) is 19.7 Å². The number of hydrogen-bond donors (Lipinski definition) is 2. The Kier molecular flexibility index (Phi) is 4.81. The summed E-state index contributed by atoms with van der Waals surface area (Å²) in [6, 6.07) is 2.07. The molecule has 2 rings (SSSR count). The Labute approximate surface area is 119 Å². The number of nitrogens with two attached hydrogens (primary N) is 1. The van der Waals surface area contributed by atoms with E-state index in [2.05, 4.69) is 40.4 Å². The Balaban J connectivity index is 2.21. The highest BCUT2D eigenvalue weighted by atomic mass is 15.3. The van der Waals surface area contributed by atoms with Crippen molar-refractivity contribution in [2.75, 3.05) is 0 Å². The molecule has 0 aliphatic rings. The quantitative estimate of drug-likeness (QED) is 0.613. The molecule has 3 N–H and O–H groups in total. The van der Waals surface area contributed by atoms with Gasteiger partial charge in [-0.3, -0.25) is 25.9 Å². The van der Waals surface area contributed by atoms with Crippen molar-refractivity contribution in [2.24, 2.45) is 5.84 Å². The van der Waals surface area contributed by atoms with Gasteiger partial charge in [0.25, 0.3) is 0 Å². The van der Waals surface area contributed by atoms with E-state index in [0.717, 1.165) is 42.2 Å². The third-order valence-corrected chi connectivity index (χ3v) is 3.35. The van der Waals surface area contributed by atoms with Gasteiger partial charge in [0.1, 0.15) is 0 Å². The maximum atomic E-state index is 5.67. The van der Waals surface area contributed by atoms with E-state index in [-0.39, 0.29) is 6.04 Å². The second-order valence-corrected chi connectivity index (χ2v) is 4.80. The molecule has 6 heteroatoms. The van der Waals surface area contributed by atoms with Crippen LogP contribution in [-0.2, 0) is 19.4 Å². The molecule has 0 fully saturated rings. The summed E-state index contributed by atoms with van der Waals surface area (Å²) < 4.78 is 2.02. The summed E-state index contributed by atoms with van der Waals surface area (Å²) in [7, 11) is 0. The second kappa shape index (κ2) is 6.58. The van der Waals surface area contributed by atoms with Crippen LogP contribution in [0.5, 0.6) is 0 Å². The first-order valence-electron chi connectivity index (χ1n) is 6.98. The van der Waals surface area contributed by atoms with Crippen LogP contribution in [0.15, 0.2) is 18.5 Å². The second-order valence-electron chi connectivity index (χ2n) is 4.80. The molecular formula is C14H22N6. The first-order valence-corrected chi connectivity index (χ1v) is 6.98. The zero-order chi connectivity index (χ0) is 14.5. The summed E-state index contributed by atoms with van der Waals surface area (Å²) in [6.45, 7) is 6.97. The topological polar surface area (TPSA) is 81.6 Å². The molecule has 20 heavy (non-hydrogen) atoms. The third kappa shape index (κ3) is 3.20. The summed E-state index contributed by atoms with van der Waals surface area (Å²) in [5, 5.41) is 4.55. The van der Waals surface area contributed by atoms with E-state index >= 15 is 0 Å². The number of nitrogens with zero attached hydrogens (tertiary/aromatic N) is 4. The Bertz CT molecular complexity index is 545. The molecule has 0 aliphatic carbocycles. The Morgan fingerprint density at radius 2 is 2.10 bits per heavy atom. The van der Waals surface area contributed by atoms with Gasteiger partial charge in [0.15, 0.2) is 0 Å². The minimum absolute atomic E-state index is 0.0604. The molecule has 1 unspecified atom stereocenters. The zero-order valence-electron chi connectivity index (χ0n) is 12.3. The zero-order valence-corrected chi connectivity index (χ0v) is 12.3. The number of hydrazine groups is 1. The number of aromatic nitrogens is 4. The molecule has 6 nitrogen and oxygen atoms in total. The first kappa shape index (κ1) is 14.6. The van der Waals surface area contributed by atoms with Gasteiger partial charge < -0.3 is 0 Å². The number of aryl methyl sites for hydroxylation is 3. The summed E-state index contributed by atoms with van der Waals surface area (Å²) in [5.74, 6) is 5.67. The Morgan fingerprint density at radius 1 is 1.30 bits per heavy atom. The van der Waals surface area contributed by atoms with Gasteiger partial charge in [-0.05, 0) is 26.3 Å². The fourth-order valence-electron chi connectivity index (χ4n) is 2.17. The molecule has 0 aromatic carbocycles. The summed E-state index contributed by atoms with van der Waals surface area (Å²) >= 11 is 0. The molecule has 2 heterocycles. The van der Waals surface area contributed by atoms with Gasteiger partial charge in [-0.1, -0.05) is 6.92 Å². The van der Waals surface area contributed by atoms with Crippen molar-refractivity contribution in [2.45, 2.75) is 46.2 Å². The highest BCUT2D eigenvalue weighted by Gasteiger charge is 2.16. The maximum absolute atomic E-state index is 5.67. The smallest absolute Gasteiger partial charge is 0.0773 e. The minimum atomic E-state index is -0.0604. The maximum Gasteiger partial charge on any atom is 0.0773 e. The molecule has 0 saturated carbocycles. The van der Waals surface area contributed by atoms with E-state index < -0.39 is 0 Å². The van der Waals surface area contributed by atoms with Gasteiger partial charge in [-0.2, -0.15) is 5.10 Å². The average molecular weight is 274 g/mol. The first-order chi connectivity index (χ1) is 9.67.